The van der Waals surface area contributed by atoms with Crippen LogP contribution in [-0.4, -0.2) is 0 Å². The first-order chi connectivity index (χ1) is 4.36. The topological polar surface area (TPSA) is 0 Å². The van der Waals surface area contributed by atoms with Crippen molar-refractivity contribution in [2.24, 2.45) is 17.8 Å². The SMILES string of the molecule is CC1CCC2CC[C@@H]1C2. The van der Waals surface area contributed by atoms with Gasteiger partial charge in [-0.05, 0) is 30.6 Å². The summed E-state index contributed by atoms with van der Waals surface area (Å²) in [4.78, 5) is 0. The second-order valence-corrected chi connectivity index (χ2v) is 3.99. The van der Waals surface area contributed by atoms with E-state index in [-0.39, 0.29) is 0 Å². The Kier molecular flexibility index (Phi) is 1.28. The zero-order valence-electron chi connectivity index (χ0n) is 6.27. The smallest absolute Gasteiger partial charge is 0.0386 e. The quantitative estimate of drug-likeness (QED) is 0.466. The first-order valence-electron chi connectivity index (χ1n) is 4.36. The fourth-order valence-electron chi connectivity index (χ4n) is 2.63. The highest BCUT2D eigenvalue weighted by molar-refractivity contribution is 4.84. The molecule has 0 aromatic heterocycles. The molecule has 0 amide bonds. The van der Waals surface area contributed by atoms with Crippen LogP contribution in [0.4, 0.5) is 0 Å². The molecule has 52 valence electrons. The van der Waals surface area contributed by atoms with E-state index in [1.807, 2.05) is 0 Å². The third-order valence-corrected chi connectivity index (χ3v) is 3.42. The summed E-state index contributed by atoms with van der Waals surface area (Å²) in [7, 11) is 0. The van der Waals surface area contributed by atoms with Gasteiger partial charge in [-0.25, -0.2) is 0 Å². The molecule has 2 bridgehead atoms. The Morgan fingerprint density at radius 2 is 1.78 bits per heavy atom. The van der Waals surface area contributed by atoms with Crippen molar-refractivity contribution in [3.63, 3.8) is 0 Å². The van der Waals surface area contributed by atoms with Gasteiger partial charge in [0, 0.05) is 0 Å². The van der Waals surface area contributed by atoms with E-state index < -0.39 is 0 Å². The average Bonchev–Trinajstić information content (AvgIpc) is 2.25. The molecule has 0 heteroatoms. The lowest BCUT2D eigenvalue weighted by molar-refractivity contribution is 0.265. The van der Waals surface area contributed by atoms with E-state index in [1.165, 1.54) is 12.8 Å². The molecule has 2 rings (SSSR count). The van der Waals surface area contributed by atoms with Gasteiger partial charge in [0.1, 0.15) is 0 Å². The van der Waals surface area contributed by atoms with E-state index in [4.69, 9.17) is 0 Å². The van der Waals surface area contributed by atoms with Crippen LogP contribution < -0.4 is 0 Å². The summed E-state index contributed by atoms with van der Waals surface area (Å²) in [6.07, 6.45) is 7.73. The second kappa shape index (κ2) is 2.00. The Labute approximate surface area is 57.6 Å². The lowest BCUT2D eigenvalue weighted by atomic mass is 9.81. The van der Waals surface area contributed by atoms with Crippen LogP contribution in [0.3, 0.4) is 0 Å². The Bertz CT molecular complexity index is 107. The molecule has 0 N–H and O–H groups in total. The Morgan fingerprint density at radius 1 is 1.00 bits per heavy atom. The first kappa shape index (κ1) is 5.76. The molecule has 2 aliphatic carbocycles. The number of hydrogen-bond acceptors (Lipinski definition) is 0. The molecule has 0 spiro atoms. The molecule has 0 radical (unpaired) electrons. The van der Waals surface area contributed by atoms with Crippen molar-refractivity contribution < 1.29 is 0 Å². The van der Waals surface area contributed by atoms with Gasteiger partial charge in [-0.15, -0.1) is 0 Å². The van der Waals surface area contributed by atoms with Crippen molar-refractivity contribution in [1.29, 1.82) is 0 Å². The molecule has 0 heterocycles. The standard InChI is InChI=1S/C9H16/c1-7-2-3-8-4-5-9(7)6-8/h7-9H,2-6H2,1H3/t7?,8?,9-/m1/s1. The fraction of sp³-hybridized carbons (Fsp3) is 1.00. The molecular formula is C9H16. The van der Waals surface area contributed by atoms with Gasteiger partial charge in [-0.3, -0.25) is 0 Å². The van der Waals surface area contributed by atoms with E-state index in [2.05, 4.69) is 6.92 Å². The van der Waals surface area contributed by atoms with Crippen LogP contribution in [0.1, 0.15) is 39.0 Å². The van der Waals surface area contributed by atoms with Crippen LogP contribution in [-0.2, 0) is 0 Å². The van der Waals surface area contributed by atoms with Gasteiger partial charge in [0.15, 0.2) is 0 Å². The van der Waals surface area contributed by atoms with Gasteiger partial charge in [0.25, 0.3) is 0 Å². The number of hydrogen-bond donors (Lipinski definition) is 0. The summed E-state index contributed by atoms with van der Waals surface area (Å²) in [5, 5.41) is 0. The molecule has 2 saturated carbocycles. The van der Waals surface area contributed by atoms with Crippen molar-refractivity contribution in [3.8, 4) is 0 Å². The molecule has 0 saturated heterocycles. The predicted molar refractivity (Wildman–Crippen MR) is 39.2 cm³/mol. The van der Waals surface area contributed by atoms with Gasteiger partial charge >= 0.3 is 0 Å². The number of rotatable bonds is 0. The van der Waals surface area contributed by atoms with E-state index in [1.54, 1.807) is 19.3 Å². The van der Waals surface area contributed by atoms with Crippen LogP contribution in [0.5, 0.6) is 0 Å². The minimum Gasteiger partial charge on any atom is -0.0622 e. The van der Waals surface area contributed by atoms with Crippen LogP contribution >= 0.6 is 0 Å². The summed E-state index contributed by atoms with van der Waals surface area (Å²) in [6, 6.07) is 0. The molecule has 3 atom stereocenters. The Balaban J connectivity index is 2.05. The zero-order chi connectivity index (χ0) is 6.27. The van der Waals surface area contributed by atoms with Crippen LogP contribution in [0.25, 0.3) is 0 Å². The average molecular weight is 124 g/mol. The molecule has 0 nitrogen and oxygen atoms in total. The first-order valence-corrected chi connectivity index (χ1v) is 4.36. The molecular weight excluding hydrogens is 108 g/mol. The highest BCUT2D eigenvalue weighted by Crippen LogP contribution is 2.44. The maximum atomic E-state index is 2.44. The van der Waals surface area contributed by atoms with Gasteiger partial charge in [0.2, 0.25) is 0 Å². The van der Waals surface area contributed by atoms with E-state index in [0.717, 1.165) is 17.8 Å². The minimum atomic E-state index is 1.06. The molecule has 2 fully saturated rings. The van der Waals surface area contributed by atoms with Crippen LogP contribution in [0.2, 0.25) is 0 Å². The molecule has 2 unspecified atom stereocenters. The third kappa shape index (κ3) is 0.889. The molecule has 2 aliphatic rings. The van der Waals surface area contributed by atoms with E-state index >= 15 is 0 Å². The lowest BCUT2D eigenvalue weighted by Crippen LogP contribution is -2.14. The molecule has 9 heavy (non-hydrogen) atoms. The van der Waals surface area contributed by atoms with Crippen molar-refractivity contribution in [3.05, 3.63) is 0 Å². The fourth-order valence-corrected chi connectivity index (χ4v) is 2.63. The van der Waals surface area contributed by atoms with Crippen molar-refractivity contribution >= 4 is 0 Å². The van der Waals surface area contributed by atoms with Crippen molar-refractivity contribution in [2.75, 3.05) is 0 Å². The lowest BCUT2D eigenvalue weighted by Gasteiger charge is -2.24. The Morgan fingerprint density at radius 3 is 2.56 bits per heavy atom. The maximum absolute atomic E-state index is 2.44. The van der Waals surface area contributed by atoms with Crippen LogP contribution in [0, 0.1) is 17.8 Å². The van der Waals surface area contributed by atoms with E-state index in [0.29, 0.717) is 0 Å². The molecule has 0 aromatic rings. The van der Waals surface area contributed by atoms with Gasteiger partial charge in [-0.2, -0.15) is 0 Å². The second-order valence-electron chi connectivity index (χ2n) is 3.99. The summed E-state index contributed by atoms with van der Waals surface area (Å²) < 4.78 is 0. The van der Waals surface area contributed by atoms with Crippen molar-refractivity contribution in [2.45, 2.75) is 39.0 Å². The van der Waals surface area contributed by atoms with Gasteiger partial charge in [0.05, 0.1) is 0 Å². The summed E-state index contributed by atoms with van der Waals surface area (Å²) >= 11 is 0. The molecule has 0 aliphatic heterocycles. The highest BCUT2D eigenvalue weighted by Gasteiger charge is 2.32. The Hall–Kier alpha value is 0. The summed E-state index contributed by atoms with van der Waals surface area (Å²) in [5.74, 6) is 3.33. The van der Waals surface area contributed by atoms with Crippen molar-refractivity contribution in [1.82, 2.24) is 0 Å². The minimum absolute atomic E-state index is 1.06. The van der Waals surface area contributed by atoms with Crippen LogP contribution in [0.15, 0.2) is 0 Å². The monoisotopic (exact) mass is 124 g/mol. The van der Waals surface area contributed by atoms with E-state index in [9.17, 15) is 0 Å². The maximum Gasteiger partial charge on any atom is -0.0386 e. The summed E-state index contributed by atoms with van der Waals surface area (Å²) in [5.41, 5.74) is 0. The zero-order valence-corrected chi connectivity index (χ0v) is 6.27. The summed E-state index contributed by atoms with van der Waals surface area (Å²) in [6.45, 7) is 2.44. The van der Waals surface area contributed by atoms with Gasteiger partial charge < -0.3 is 0 Å². The largest absolute Gasteiger partial charge is 0.0622 e. The highest BCUT2D eigenvalue weighted by atomic mass is 14.4. The molecule has 0 aromatic carbocycles. The normalized spacial score (nSPS) is 49.7. The predicted octanol–water partition coefficient (Wildman–Crippen LogP) is 2.83. The third-order valence-electron chi connectivity index (χ3n) is 3.42. The van der Waals surface area contributed by atoms with Gasteiger partial charge in [-0.1, -0.05) is 26.2 Å². The number of fused-ring (bicyclic) bond motifs is 2.